The Balaban J connectivity index is 0. The van der Waals surface area contributed by atoms with Crippen LogP contribution in [-0.2, 0) is 6.42 Å². The topological polar surface area (TPSA) is 0 Å². The fraction of sp³-hybridized carbons (Fsp3) is 0.478. The monoisotopic (exact) mass is 314 g/mol. The van der Waals surface area contributed by atoms with Gasteiger partial charge in [0.1, 0.15) is 0 Å². The third-order valence-corrected chi connectivity index (χ3v) is 4.24. The molecule has 0 heterocycles. The molecule has 130 valence electrons. The van der Waals surface area contributed by atoms with Gasteiger partial charge in [0.2, 0.25) is 0 Å². The van der Waals surface area contributed by atoms with Crippen LogP contribution in [0.5, 0.6) is 0 Å². The lowest BCUT2D eigenvalue weighted by atomic mass is 9.98. The number of aryl methyl sites for hydroxylation is 4. The lowest BCUT2D eigenvalue weighted by Crippen LogP contribution is -1.89. The first kappa shape index (κ1) is 23.7. The average Bonchev–Trinajstić information content (AvgIpc) is 2.50. The summed E-state index contributed by atoms with van der Waals surface area (Å²) < 4.78 is 0. The van der Waals surface area contributed by atoms with Crippen molar-refractivity contribution >= 4 is 0 Å². The Kier molecular flexibility index (Phi) is 12.3. The zero-order valence-corrected chi connectivity index (χ0v) is 14.5. The van der Waals surface area contributed by atoms with Crippen molar-refractivity contribution in [3.8, 4) is 0 Å². The van der Waals surface area contributed by atoms with E-state index in [1.807, 2.05) is 0 Å². The molecule has 0 amide bonds. The molecule has 1 atom stereocenters. The summed E-state index contributed by atoms with van der Waals surface area (Å²) in [6.45, 7) is 13.1. The lowest BCUT2D eigenvalue weighted by Gasteiger charge is -2.07. The van der Waals surface area contributed by atoms with E-state index in [4.69, 9.17) is 0 Å². The van der Waals surface area contributed by atoms with Crippen LogP contribution in [0.3, 0.4) is 0 Å². The van der Waals surface area contributed by atoms with Crippen molar-refractivity contribution in [2.24, 2.45) is 0 Å². The van der Waals surface area contributed by atoms with Gasteiger partial charge in [0, 0.05) is 0 Å². The summed E-state index contributed by atoms with van der Waals surface area (Å²) in [5.74, 6) is 0.704. The highest BCUT2D eigenvalue weighted by Crippen LogP contribution is 2.18. The first-order valence-electron chi connectivity index (χ1n) is 8.10. The van der Waals surface area contributed by atoms with Gasteiger partial charge in [-0.05, 0) is 61.8 Å². The standard InChI is InChI=1S/C11H16.C10H14.2CH4/c1-4-10(3)11-7-5-9(2)6-8-11;1-4-10-6-5-8(2)9(3)7-10;;/h5-8,10H,4H2,1-3H3;5-7H,4H2,1-3H3;2*1H4. The zero-order chi connectivity index (χ0) is 15.8. The van der Waals surface area contributed by atoms with E-state index in [1.165, 1.54) is 34.2 Å². The van der Waals surface area contributed by atoms with Gasteiger partial charge in [-0.1, -0.05) is 83.7 Å². The summed E-state index contributed by atoms with van der Waals surface area (Å²) in [7, 11) is 0. The molecule has 0 aromatic heterocycles. The van der Waals surface area contributed by atoms with Gasteiger partial charge in [0.15, 0.2) is 0 Å². The van der Waals surface area contributed by atoms with Crippen LogP contribution in [0.4, 0.5) is 0 Å². The van der Waals surface area contributed by atoms with Crippen LogP contribution in [-0.4, -0.2) is 0 Å². The summed E-state index contributed by atoms with van der Waals surface area (Å²) >= 11 is 0. The maximum absolute atomic E-state index is 2.27. The molecule has 0 aliphatic rings. The molecule has 0 aliphatic carbocycles. The van der Waals surface area contributed by atoms with Gasteiger partial charge in [-0.2, -0.15) is 0 Å². The van der Waals surface area contributed by atoms with E-state index in [0.717, 1.165) is 6.42 Å². The van der Waals surface area contributed by atoms with Crippen LogP contribution in [0.15, 0.2) is 42.5 Å². The molecule has 1 unspecified atom stereocenters. The molecule has 0 radical (unpaired) electrons. The van der Waals surface area contributed by atoms with E-state index < -0.39 is 0 Å². The highest BCUT2D eigenvalue weighted by molar-refractivity contribution is 5.29. The van der Waals surface area contributed by atoms with Crippen molar-refractivity contribution in [2.45, 2.75) is 75.2 Å². The Labute approximate surface area is 146 Å². The number of benzene rings is 2. The maximum Gasteiger partial charge on any atom is -0.0193 e. The zero-order valence-electron chi connectivity index (χ0n) is 14.5. The van der Waals surface area contributed by atoms with Crippen molar-refractivity contribution in [3.05, 3.63) is 70.3 Å². The molecular formula is C23H38. The summed E-state index contributed by atoms with van der Waals surface area (Å²) in [5, 5.41) is 0. The van der Waals surface area contributed by atoms with Crippen molar-refractivity contribution < 1.29 is 0 Å². The normalized spacial score (nSPS) is 10.5. The average molecular weight is 315 g/mol. The molecule has 2 rings (SSSR count). The molecule has 0 nitrogen and oxygen atoms in total. The Bertz CT molecular complexity index is 534. The van der Waals surface area contributed by atoms with Crippen LogP contribution in [0.1, 0.15) is 75.8 Å². The SMILES string of the molecule is C.C.CCC(C)c1ccc(C)cc1.CCc1ccc(C)c(C)c1. The molecular weight excluding hydrogens is 276 g/mol. The second kappa shape index (κ2) is 11.9. The van der Waals surface area contributed by atoms with E-state index in [0.29, 0.717) is 5.92 Å². The highest BCUT2D eigenvalue weighted by atomic mass is 14.1. The predicted molar refractivity (Wildman–Crippen MR) is 109 cm³/mol. The number of hydrogen-bond donors (Lipinski definition) is 0. The van der Waals surface area contributed by atoms with Gasteiger partial charge < -0.3 is 0 Å². The fourth-order valence-electron chi connectivity index (χ4n) is 2.15. The first-order valence-corrected chi connectivity index (χ1v) is 8.10. The van der Waals surface area contributed by atoms with E-state index in [9.17, 15) is 0 Å². The molecule has 0 saturated heterocycles. The summed E-state index contributed by atoms with van der Waals surface area (Å²) in [6, 6.07) is 15.5. The van der Waals surface area contributed by atoms with Crippen LogP contribution in [0.25, 0.3) is 0 Å². The molecule has 0 fully saturated rings. The van der Waals surface area contributed by atoms with Crippen LogP contribution < -0.4 is 0 Å². The Hall–Kier alpha value is -1.56. The third kappa shape index (κ3) is 8.02. The maximum atomic E-state index is 2.27. The molecule has 0 spiro atoms. The minimum atomic E-state index is 0. The van der Waals surface area contributed by atoms with Gasteiger partial charge in [0.05, 0.1) is 0 Å². The molecule has 0 aliphatic heterocycles. The van der Waals surface area contributed by atoms with Crippen molar-refractivity contribution in [2.75, 3.05) is 0 Å². The van der Waals surface area contributed by atoms with Crippen LogP contribution >= 0.6 is 0 Å². The van der Waals surface area contributed by atoms with Crippen molar-refractivity contribution in [3.63, 3.8) is 0 Å². The molecule has 0 N–H and O–H groups in total. The molecule has 2 aromatic rings. The fourth-order valence-corrected chi connectivity index (χ4v) is 2.15. The van der Waals surface area contributed by atoms with Gasteiger partial charge >= 0.3 is 0 Å². The molecule has 0 saturated carbocycles. The van der Waals surface area contributed by atoms with E-state index in [2.05, 4.69) is 84.0 Å². The minimum absolute atomic E-state index is 0. The Morgan fingerprint density at radius 3 is 1.78 bits per heavy atom. The third-order valence-electron chi connectivity index (χ3n) is 4.24. The van der Waals surface area contributed by atoms with Gasteiger partial charge in [-0.15, -0.1) is 0 Å². The quantitative estimate of drug-likeness (QED) is 0.546. The van der Waals surface area contributed by atoms with Gasteiger partial charge in [0.25, 0.3) is 0 Å². The summed E-state index contributed by atoms with van der Waals surface area (Å²) in [6.07, 6.45) is 2.37. The minimum Gasteiger partial charge on any atom is -0.0776 e. The second-order valence-electron chi connectivity index (χ2n) is 5.99. The molecule has 23 heavy (non-hydrogen) atoms. The molecule has 0 bridgehead atoms. The van der Waals surface area contributed by atoms with E-state index >= 15 is 0 Å². The summed E-state index contributed by atoms with van der Waals surface area (Å²) in [4.78, 5) is 0. The number of rotatable bonds is 3. The van der Waals surface area contributed by atoms with Gasteiger partial charge in [-0.3, -0.25) is 0 Å². The summed E-state index contributed by atoms with van der Waals surface area (Å²) in [5.41, 5.74) is 7.02. The molecule has 0 heteroatoms. The smallest absolute Gasteiger partial charge is 0.0193 e. The van der Waals surface area contributed by atoms with Crippen LogP contribution in [0.2, 0.25) is 0 Å². The number of hydrogen-bond acceptors (Lipinski definition) is 0. The van der Waals surface area contributed by atoms with Crippen LogP contribution in [0, 0.1) is 20.8 Å². The van der Waals surface area contributed by atoms with Gasteiger partial charge in [-0.25, -0.2) is 0 Å². The molecule has 2 aromatic carbocycles. The van der Waals surface area contributed by atoms with E-state index in [-0.39, 0.29) is 14.9 Å². The second-order valence-corrected chi connectivity index (χ2v) is 5.99. The Morgan fingerprint density at radius 2 is 1.35 bits per heavy atom. The van der Waals surface area contributed by atoms with Crippen molar-refractivity contribution in [1.29, 1.82) is 0 Å². The lowest BCUT2D eigenvalue weighted by molar-refractivity contribution is 0.733. The first-order chi connectivity index (χ1) is 9.97. The van der Waals surface area contributed by atoms with E-state index in [1.54, 1.807) is 0 Å². The predicted octanol–water partition coefficient (Wildman–Crippen LogP) is 7.65. The highest BCUT2D eigenvalue weighted by Gasteiger charge is 2.00. The Morgan fingerprint density at radius 1 is 0.783 bits per heavy atom. The van der Waals surface area contributed by atoms with Crippen molar-refractivity contribution in [1.82, 2.24) is 0 Å². The largest absolute Gasteiger partial charge is 0.0776 e.